The Morgan fingerprint density at radius 3 is 2.43 bits per heavy atom. The highest BCUT2D eigenvalue weighted by Gasteiger charge is 2.70. The van der Waals surface area contributed by atoms with Gasteiger partial charge in [0.25, 0.3) is 5.69 Å². The van der Waals surface area contributed by atoms with Crippen LogP contribution in [0.1, 0.15) is 33.9 Å². The summed E-state index contributed by atoms with van der Waals surface area (Å²) in [6, 6.07) is 18.0. The van der Waals surface area contributed by atoms with Crippen LogP contribution in [0, 0.1) is 39.7 Å². The molecule has 240 valence electrons. The molecule has 0 radical (unpaired) electrons. The maximum Gasteiger partial charge on any atom is 0.416 e. The number of nitrogens with one attached hydrogen (secondary N) is 1. The SMILES string of the molecule is O=C1C2C(C(=O)N1c1cccc(C(F)(F)F)c1)[C@@H]1C[C@H]2C2Sc3[nH]c(=O)sc3C(c3cc([N+](=O)[O-])ccc3OCc3ccccc3)C21. The van der Waals surface area contributed by atoms with Gasteiger partial charge in [-0.05, 0) is 54.0 Å². The molecule has 4 aromatic rings. The number of non-ortho nitro benzene ring substituents is 1. The predicted molar refractivity (Wildman–Crippen MR) is 166 cm³/mol. The fourth-order valence-corrected chi connectivity index (χ4v) is 11.1. The number of thiazole rings is 1. The van der Waals surface area contributed by atoms with Crippen molar-refractivity contribution < 1.29 is 32.4 Å². The predicted octanol–water partition coefficient (Wildman–Crippen LogP) is 6.62. The summed E-state index contributed by atoms with van der Waals surface area (Å²) in [7, 11) is 0. The van der Waals surface area contributed by atoms with Crippen LogP contribution in [0.5, 0.6) is 5.75 Å². The standard InChI is InChI=1S/C33H24F3N3O6S2/c34-33(35,36)16-7-4-8-17(11-16)38-30(40)25-20-13-21(26(25)31(38)41)27-24(20)23(28-29(46-27)37-32(42)47-28)19-12-18(39(43)44)9-10-22(19)45-14-15-5-2-1-3-6-15/h1-12,20-21,23-27H,13-14H2,(H,37,42)/t20-,21-,23?,24?,25?,26?,27?/m1/s1. The van der Waals surface area contributed by atoms with Crippen molar-refractivity contribution in [3.05, 3.63) is 114 Å². The van der Waals surface area contributed by atoms with E-state index < -0.39 is 46.2 Å². The highest BCUT2D eigenvalue weighted by atomic mass is 32.2. The van der Waals surface area contributed by atoms with Gasteiger partial charge in [-0.25, -0.2) is 0 Å². The van der Waals surface area contributed by atoms with E-state index in [1.165, 1.54) is 36.0 Å². The van der Waals surface area contributed by atoms with Crippen molar-refractivity contribution in [2.75, 3.05) is 4.90 Å². The molecule has 9 nitrogen and oxygen atoms in total. The van der Waals surface area contributed by atoms with Crippen molar-refractivity contribution in [2.24, 2.45) is 29.6 Å². The molecular formula is C33H24F3N3O6S2. The lowest BCUT2D eigenvalue weighted by molar-refractivity contribution is -0.385. The fourth-order valence-electron chi connectivity index (χ4n) is 8.20. The van der Waals surface area contributed by atoms with Crippen molar-refractivity contribution in [1.82, 2.24) is 4.98 Å². The van der Waals surface area contributed by atoms with Crippen LogP contribution in [0.2, 0.25) is 0 Å². The largest absolute Gasteiger partial charge is 0.489 e. The maximum absolute atomic E-state index is 14.0. The van der Waals surface area contributed by atoms with Crippen LogP contribution in [0.25, 0.3) is 0 Å². The molecule has 2 aliphatic carbocycles. The van der Waals surface area contributed by atoms with E-state index >= 15 is 0 Å². The van der Waals surface area contributed by atoms with Gasteiger partial charge in [-0.3, -0.25) is 29.4 Å². The molecule has 1 N–H and O–H groups in total. The number of nitrogens with zero attached hydrogens (tertiary/aromatic N) is 2. The summed E-state index contributed by atoms with van der Waals surface area (Å²) in [5.74, 6) is -3.66. The molecule has 5 unspecified atom stereocenters. The molecule has 3 fully saturated rings. The minimum Gasteiger partial charge on any atom is -0.489 e. The molecule has 47 heavy (non-hydrogen) atoms. The molecule has 2 amide bonds. The summed E-state index contributed by atoms with van der Waals surface area (Å²) in [6.07, 6.45) is -4.11. The van der Waals surface area contributed by atoms with Crippen LogP contribution >= 0.6 is 23.1 Å². The van der Waals surface area contributed by atoms with Crippen LogP contribution in [0.3, 0.4) is 0 Å². The number of amides is 2. The van der Waals surface area contributed by atoms with Gasteiger partial charge in [-0.15, -0.1) is 11.8 Å². The molecule has 1 saturated heterocycles. The second-order valence-electron chi connectivity index (χ2n) is 12.3. The fraction of sp³-hybridized carbons (Fsp3) is 0.303. The lowest BCUT2D eigenvalue weighted by Gasteiger charge is -2.43. The smallest absolute Gasteiger partial charge is 0.416 e. The number of carbonyl (C=O) groups excluding carboxylic acids is 2. The van der Waals surface area contributed by atoms with Crippen molar-refractivity contribution in [1.29, 1.82) is 0 Å². The Kier molecular flexibility index (Phi) is 6.88. The minimum absolute atomic E-state index is 0.116. The molecule has 14 heteroatoms. The first kappa shape index (κ1) is 29.9. The number of aromatic amines is 1. The number of hydrogen-bond acceptors (Lipinski definition) is 8. The number of aromatic nitrogens is 1. The molecule has 2 bridgehead atoms. The average Bonchev–Trinajstić information content (AvgIpc) is 3.78. The molecule has 0 spiro atoms. The highest BCUT2D eigenvalue weighted by molar-refractivity contribution is 8.00. The zero-order valence-corrected chi connectivity index (χ0v) is 25.8. The number of carbonyl (C=O) groups is 2. The number of rotatable bonds is 6. The Morgan fingerprint density at radius 1 is 0.957 bits per heavy atom. The number of benzene rings is 3. The lowest BCUT2D eigenvalue weighted by Crippen LogP contribution is -2.42. The second-order valence-corrected chi connectivity index (χ2v) is 14.5. The Bertz CT molecular complexity index is 2010. The van der Waals surface area contributed by atoms with Gasteiger partial charge in [-0.1, -0.05) is 47.7 Å². The first-order valence-corrected chi connectivity index (χ1v) is 16.6. The Hall–Kier alpha value is -4.43. The van der Waals surface area contributed by atoms with E-state index in [-0.39, 0.29) is 45.9 Å². The number of alkyl halides is 3. The van der Waals surface area contributed by atoms with Gasteiger partial charge in [0.05, 0.1) is 33.0 Å². The molecular weight excluding hydrogens is 656 g/mol. The first-order chi connectivity index (χ1) is 22.5. The van der Waals surface area contributed by atoms with Crippen molar-refractivity contribution in [3.63, 3.8) is 0 Å². The van der Waals surface area contributed by atoms with Gasteiger partial charge < -0.3 is 9.72 Å². The molecule has 2 aliphatic heterocycles. The van der Waals surface area contributed by atoms with Gasteiger partial charge in [0.2, 0.25) is 11.8 Å². The van der Waals surface area contributed by atoms with Gasteiger partial charge >= 0.3 is 11.0 Å². The molecule has 8 rings (SSSR count). The zero-order chi connectivity index (χ0) is 32.8. The van der Waals surface area contributed by atoms with Crippen LogP contribution in [-0.4, -0.2) is 27.0 Å². The van der Waals surface area contributed by atoms with E-state index in [4.69, 9.17) is 4.74 Å². The number of halogens is 3. The summed E-state index contributed by atoms with van der Waals surface area (Å²) in [6.45, 7) is 0.188. The summed E-state index contributed by atoms with van der Waals surface area (Å²) in [5, 5.41) is 12.3. The number of nitro benzene ring substituents is 1. The van der Waals surface area contributed by atoms with E-state index in [1.54, 1.807) is 6.07 Å². The van der Waals surface area contributed by atoms with E-state index in [9.17, 15) is 37.7 Å². The molecule has 2 saturated carbocycles. The second kappa shape index (κ2) is 10.8. The van der Waals surface area contributed by atoms with E-state index in [0.29, 0.717) is 27.6 Å². The monoisotopic (exact) mass is 679 g/mol. The summed E-state index contributed by atoms with van der Waals surface area (Å²) < 4.78 is 46.9. The number of hydrogen-bond donors (Lipinski definition) is 1. The molecule has 1 aromatic heterocycles. The van der Waals surface area contributed by atoms with E-state index in [0.717, 1.165) is 33.9 Å². The number of H-pyrrole nitrogens is 1. The van der Waals surface area contributed by atoms with Crippen molar-refractivity contribution in [2.45, 2.75) is 35.4 Å². The van der Waals surface area contributed by atoms with Crippen molar-refractivity contribution >= 4 is 46.3 Å². The van der Waals surface area contributed by atoms with Crippen LogP contribution in [0.4, 0.5) is 24.5 Å². The number of anilines is 1. The van der Waals surface area contributed by atoms with Gasteiger partial charge in [0, 0.05) is 33.7 Å². The molecule has 3 heterocycles. The number of nitro groups is 1. The van der Waals surface area contributed by atoms with Gasteiger partial charge in [0.15, 0.2) is 0 Å². The number of imide groups is 1. The quantitative estimate of drug-likeness (QED) is 0.138. The van der Waals surface area contributed by atoms with Crippen LogP contribution in [-0.2, 0) is 22.4 Å². The van der Waals surface area contributed by atoms with Crippen LogP contribution in [0.15, 0.2) is 82.6 Å². The first-order valence-electron chi connectivity index (χ1n) is 14.9. The third-order valence-corrected chi connectivity index (χ3v) is 12.5. The van der Waals surface area contributed by atoms with Gasteiger partial charge in [-0.2, -0.15) is 13.2 Å². The highest BCUT2D eigenvalue weighted by Crippen LogP contribution is 2.69. The van der Waals surface area contributed by atoms with E-state index in [1.807, 2.05) is 30.3 Å². The molecule has 4 aliphatic rings. The minimum atomic E-state index is -4.65. The molecule has 7 atom stereocenters. The summed E-state index contributed by atoms with van der Waals surface area (Å²) >= 11 is 2.45. The van der Waals surface area contributed by atoms with Crippen molar-refractivity contribution in [3.8, 4) is 5.75 Å². The maximum atomic E-state index is 14.0. The average molecular weight is 680 g/mol. The zero-order valence-electron chi connectivity index (χ0n) is 24.2. The summed E-state index contributed by atoms with van der Waals surface area (Å²) in [4.78, 5) is 56.3. The normalized spacial score (nSPS) is 27.5. The molecule has 3 aromatic carbocycles. The lowest BCUT2D eigenvalue weighted by atomic mass is 9.68. The Balaban J connectivity index is 1.21. The summed E-state index contributed by atoms with van der Waals surface area (Å²) in [5.41, 5.74) is 0.164. The topological polar surface area (TPSA) is 123 Å². The van der Waals surface area contributed by atoms with E-state index in [2.05, 4.69) is 4.98 Å². The Labute approximate surface area is 272 Å². The third kappa shape index (κ3) is 4.71. The third-order valence-electron chi connectivity index (χ3n) is 9.93. The number of thioether (sulfide) groups is 1. The number of ether oxygens (including phenoxy) is 1. The number of fused-ring (bicyclic) bond motifs is 9. The van der Waals surface area contributed by atoms with Gasteiger partial charge in [0.1, 0.15) is 12.4 Å². The Morgan fingerprint density at radius 2 is 1.70 bits per heavy atom. The van der Waals surface area contributed by atoms with Crippen LogP contribution < -0.4 is 14.5 Å².